The van der Waals surface area contributed by atoms with Gasteiger partial charge in [0, 0.05) is 0 Å². The molecule has 98 valence electrons. The topological polar surface area (TPSA) is 46.5 Å². The summed E-state index contributed by atoms with van der Waals surface area (Å²) >= 11 is 0. The zero-order chi connectivity index (χ0) is 13.0. The Morgan fingerprint density at radius 3 is 2.72 bits per heavy atom. The third-order valence-electron chi connectivity index (χ3n) is 3.64. The van der Waals surface area contributed by atoms with Crippen molar-refractivity contribution in [3.05, 3.63) is 29.3 Å². The molecule has 0 amide bonds. The molecular weight excluding hydrogens is 228 g/mol. The number of aryl methyl sites for hydroxylation is 1. The van der Waals surface area contributed by atoms with Gasteiger partial charge >= 0.3 is 0 Å². The Hall–Kier alpha value is -1.35. The summed E-state index contributed by atoms with van der Waals surface area (Å²) in [6, 6.07) is 5.48. The van der Waals surface area contributed by atoms with Crippen molar-refractivity contribution in [2.24, 2.45) is 0 Å². The van der Waals surface area contributed by atoms with Gasteiger partial charge in [-0.3, -0.25) is 4.79 Å². The Morgan fingerprint density at radius 1 is 1.33 bits per heavy atom. The molecule has 2 rings (SSSR count). The molecule has 1 fully saturated rings. The average Bonchev–Trinajstić information content (AvgIpc) is 2.38. The third-order valence-corrected chi connectivity index (χ3v) is 3.64. The van der Waals surface area contributed by atoms with Gasteiger partial charge in [0.25, 0.3) is 0 Å². The van der Waals surface area contributed by atoms with Crippen molar-refractivity contribution in [2.75, 3.05) is 6.61 Å². The molecule has 0 heterocycles. The van der Waals surface area contributed by atoms with Crippen LogP contribution in [0, 0.1) is 6.92 Å². The molecule has 18 heavy (non-hydrogen) atoms. The Morgan fingerprint density at radius 2 is 2.06 bits per heavy atom. The highest BCUT2D eigenvalue weighted by Crippen LogP contribution is 2.30. The quantitative estimate of drug-likeness (QED) is 0.833. The van der Waals surface area contributed by atoms with Gasteiger partial charge in [-0.1, -0.05) is 31.4 Å². The number of ether oxygens (including phenoxy) is 1. The number of aliphatic hydroxyl groups is 1. The second-order valence-electron chi connectivity index (χ2n) is 5.18. The third kappa shape index (κ3) is 2.91. The fourth-order valence-electron chi connectivity index (χ4n) is 2.53. The van der Waals surface area contributed by atoms with Gasteiger partial charge in [0.05, 0.1) is 11.2 Å². The molecule has 1 aliphatic rings. The number of hydrogen-bond donors (Lipinski definition) is 1. The van der Waals surface area contributed by atoms with Crippen molar-refractivity contribution in [3.8, 4) is 5.75 Å². The number of benzene rings is 1. The summed E-state index contributed by atoms with van der Waals surface area (Å²) in [4.78, 5) is 11.0. The van der Waals surface area contributed by atoms with E-state index in [9.17, 15) is 9.90 Å². The molecule has 0 spiro atoms. The van der Waals surface area contributed by atoms with Crippen molar-refractivity contribution in [3.63, 3.8) is 0 Å². The lowest BCUT2D eigenvalue weighted by Gasteiger charge is -2.32. The van der Waals surface area contributed by atoms with Gasteiger partial charge in [0.1, 0.15) is 12.4 Å². The van der Waals surface area contributed by atoms with Gasteiger partial charge in [-0.2, -0.15) is 0 Å². The lowest BCUT2D eigenvalue weighted by atomic mass is 9.85. The number of aldehydes is 1. The van der Waals surface area contributed by atoms with Crippen LogP contribution in [0.3, 0.4) is 0 Å². The lowest BCUT2D eigenvalue weighted by molar-refractivity contribution is -0.0341. The molecule has 0 aliphatic heterocycles. The van der Waals surface area contributed by atoms with E-state index < -0.39 is 5.60 Å². The van der Waals surface area contributed by atoms with Crippen molar-refractivity contribution in [1.82, 2.24) is 0 Å². The van der Waals surface area contributed by atoms with Crippen LogP contribution in [0.25, 0.3) is 0 Å². The van der Waals surface area contributed by atoms with Crippen LogP contribution < -0.4 is 4.74 Å². The van der Waals surface area contributed by atoms with Crippen LogP contribution in [0.1, 0.15) is 48.0 Å². The summed E-state index contributed by atoms with van der Waals surface area (Å²) in [5, 5.41) is 10.4. The summed E-state index contributed by atoms with van der Waals surface area (Å²) in [5.41, 5.74) is 0.758. The molecule has 3 heteroatoms. The summed E-state index contributed by atoms with van der Waals surface area (Å²) in [6.45, 7) is 2.19. The highest BCUT2D eigenvalue weighted by molar-refractivity contribution is 5.80. The first kappa shape index (κ1) is 13.1. The molecule has 1 N–H and O–H groups in total. The highest BCUT2D eigenvalue weighted by atomic mass is 16.5. The molecule has 1 aliphatic carbocycles. The number of carbonyl (C=O) groups excluding carboxylic acids is 1. The minimum atomic E-state index is -0.722. The van der Waals surface area contributed by atoms with Crippen molar-refractivity contribution < 1.29 is 14.6 Å². The van der Waals surface area contributed by atoms with E-state index in [1.54, 1.807) is 6.07 Å². The molecule has 1 saturated carbocycles. The Balaban J connectivity index is 2.07. The molecule has 0 unspecified atom stereocenters. The first-order chi connectivity index (χ1) is 8.64. The second-order valence-corrected chi connectivity index (χ2v) is 5.18. The Kier molecular flexibility index (Phi) is 4.02. The number of para-hydroxylation sites is 1. The van der Waals surface area contributed by atoms with Crippen LogP contribution in [0.5, 0.6) is 5.75 Å². The molecule has 0 radical (unpaired) electrons. The molecule has 1 aromatic carbocycles. The molecule has 1 aromatic rings. The van der Waals surface area contributed by atoms with E-state index in [0.29, 0.717) is 11.3 Å². The minimum Gasteiger partial charge on any atom is -0.490 e. The van der Waals surface area contributed by atoms with Gasteiger partial charge in [0.2, 0.25) is 0 Å². The maximum Gasteiger partial charge on any atom is 0.153 e. The van der Waals surface area contributed by atoms with Gasteiger partial charge < -0.3 is 9.84 Å². The lowest BCUT2D eigenvalue weighted by Crippen LogP contribution is -2.38. The van der Waals surface area contributed by atoms with E-state index in [0.717, 1.165) is 37.5 Å². The fraction of sp³-hybridized carbons (Fsp3) is 0.533. The maximum atomic E-state index is 11.0. The van der Waals surface area contributed by atoms with Gasteiger partial charge in [-0.25, -0.2) is 0 Å². The molecule has 0 aromatic heterocycles. The predicted molar refractivity (Wildman–Crippen MR) is 70.1 cm³/mol. The monoisotopic (exact) mass is 248 g/mol. The zero-order valence-corrected chi connectivity index (χ0v) is 10.8. The van der Waals surface area contributed by atoms with E-state index in [4.69, 9.17) is 4.74 Å². The van der Waals surface area contributed by atoms with Crippen LogP contribution >= 0.6 is 0 Å². The second kappa shape index (κ2) is 5.53. The van der Waals surface area contributed by atoms with E-state index in [1.807, 2.05) is 19.1 Å². The Bertz CT molecular complexity index is 420. The van der Waals surface area contributed by atoms with E-state index >= 15 is 0 Å². The summed E-state index contributed by atoms with van der Waals surface area (Å²) in [7, 11) is 0. The first-order valence-corrected chi connectivity index (χ1v) is 6.55. The molecule has 0 bridgehead atoms. The summed E-state index contributed by atoms with van der Waals surface area (Å²) in [5.74, 6) is 0.603. The molecule has 0 atom stereocenters. The smallest absolute Gasteiger partial charge is 0.153 e. The fourth-order valence-corrected chi connectivity index (χ4v) is 2.53. The van der Waals surface area contributed by atoms with Gasteiger partial charge in [0.15, 0.2) is 6.29 Å². The molecule has 3 nitrogen and oxygen atoms in total. The van der Waals surface area contributed by atoms with E-state index in [2.05, 4.69) is 0 Å². The van der Waals surface area contributed by atoms with Crippen molar-refractivity contribution >= 4 is 6.29 Å². The van der Waals surface area contributed by atoms with Crippen LogP contribution in [-0.4, -0.2) is 23.6 Å². The maximum absolute atomic E-state index is 11.0. The normalized spacial score (nSPS) is 18.3. The summed E-state index contributed by atoms with van der Waals surface area (Å²) in [6.07, 6.45) is 5.66. The number of rotatable bonds is 4. The van der Waals surface area contributed by atoms with Crippen LogP contribution in [0.2, 0.25) is 0 Å². The highest BCUT2D eigenvalue weighted by Gasteiger charge is 2.30. The standard InChI is InChI=1S/C15H20O3/c1-12-6-5-7-13(10-16)14(12)18-11-15(17)8-3-2-4-9-15/h5-7,10,17H,2-4,8-9,11H2,1H3. The van der Waals surface area contributed by atoms with E-state index in [1.165, 1.54) is 6.42 Å². The zero-order valence-electron chi connectivity index (χ0n) is 10.8. The van der Waals surface area contributed by atoms with Crippen LogP contribution in [0.4, 0.5) is 0 Å². The predicted octanol–water partition coefficient (Wildman–Crippen LogP) is 2.88. The van der Waals surface area contributed by atoms with Gasteiger partial charge in [-0.05, 0) is 31.4 Å². The molecule has 0 saturated heterocycles. The van der Waals surface area contributed by atoms with Crippen LogP contribution in [0.15, 0.2) is 18.2 Å². The van der Waals surface area contributed by atoms with Crippen molar-refractivity contribution in [1.29, 1.82) is 0 Å². The van der Waals surface area contributed by atoms with Crippen molar-refractivity contribution in [2.45, 2.75) is 44.6 Å². The minimum absolute atomic E-state index is 0.276. The SMILES string of the molecule is Cc1cccc(C=O)c1OCC1(O)CCCCC1. The largest absolute Gasteiger partial charge is 0.490 e. The molecular formula is C15H20O3. The van der Waals surface area contributed by atoms with E-state index in [-0.39, 0.29) is 6.61 Å². The van der Waals surface area contributed by atoms with Crippen LogP contribution in [-0.2, 0) is 0 Å². The number of hydrogen-bond acceptors (Lipinski definition) is 3. The number of carbonyl (C=O) groups is 1. The Labute approximate surface area is 108 Å². The first-order valence-electron chi connectivity index (χ1n) is 6.55. The average molecular weight is 248 g/mol. The summed E-state index contributed by atoms with van der Waals surface area (Å²) < 4.78 is 5.72. The van der Waals surface area contributed by atoms with Gasteiger partial charge in [-0.15, -0.1) is 0 Å².